The van der Waals surface area contributed by atoms with E-state index in [1.807, 2.05) is 17.5 Å². The Morgan fingerprint density at radius 1 is 1.42 bits per heavy atom. The Balaban J connectivity index is 2.24. The van der Waals surface area contributed by atoms with E-state index < -0.39 is 0 Å². The predicted molar refractivity (Wildman–Crippen MR) is 73.9 cm³/mol. The van der Waals surface area contributed by atoms with Crippen LogP contribution in [0.5, 0.6) is 0 Å². The molecule has 6 heteroatoms. The summed E-state index contributed by atoms with van der Waals surface area (Å²) in [5.41, 5.74) is 5.99. The van der Waals surface area contributed by atoms with Gasteiger partial charge in [-0.1, -0.05) is 32.0 Å². The zero-order valence-electron chi connectivity index (χ0n) is 11.6. The van der Waals surface area contributed by atoms with Crippen molar-refractivity contribution in [3.05, 3.63) is 34.1 Å². The molecule has 2 unspecified atom stereocenters. The average molecular weight is 281 g/mol. The molecule has 0 aromatic carbocycles. The molecule has 5 nitrogen and oxygen atoms in total. The van der Waals surface area contributed by atoms with E-state index in [0.29, 0.717) is 11.7 Å². The maximum absolute atomic E-state index is 6.10. The van der Waals surface area contributed by atoms with Crippen LogP contribution in [0.1, 0.15) is 49.5 Å². The molecular weight excluding hydrogens is 262 g/mol. The largest absolute Gasteiger partial charge is 0.373 e. The number of hydrogen-bond donors (Lipinski definition) is 1. The third kappa shape index (κ3) is 3.02. The Labute approximate surface area is 116 Å². The van der Waals surface area contributed by atoms with E-state index in [9.17, 15) is 0 Å². The fraction of sp³-hybridized carbons (Fsp3) is 0.538. The van der Waals surface area contributed by atoms with E-state index in [-0.39, 0.29) is 17.6 Å². The quantitative estimate of drug-likeness (QED) is 0.932. The fourth-order valence-corrected chi connectivity index (χ4v) is 2.64. The lowest BCUT2D eigenvalue weighted by Crippen LogP contribution is -2.21. The van der Waals surface area contributed by atoms with Gasteiger partial charge in [0.2, 0.25) is 11.7 Å². The Bertz CT molecular complexity index is 516. The summed E-state index contributed by atoms with van der Waals surface area (Å²) in [5, 5.41) is 5.97. The lowest BCUT2D eigenvalue weighted by Gasteiger charge is -2.26. The van der Waals surface area contributed by atoms with Crippen molar-refractivity contribution in [2.75, 3.05) is 7.11 Å². The highest BCUT2D eigenvalue weighted by Gasteiger charge is 2.31. The summed E-state index contributed by atoms with van der Waals surface area (Å²) in [4.78, 5) is 5.38. The minimum atomic E-state index is -0.376. The molecule has 19 heavy (non-hydrogen) atoms. The van der Waals surface area contributed by atoms with Crippen molar-refractivity contribution in [2.45, 2.75) is 32.9 Å². The van der Waals surface area contributed by atoms with Gasteiger partial charge in [-0.2, -0.15) is 4.98 Å². The predicted octanol–water partition coefficient (Wildman–Crippen LogP) is 2.91. The standard InChI is InChI=1S/C13H19N3O2S/c1-13(2,3)10(17-4)11-15-12(18-16-11)9(14)8-6-5-7-19-8/h5-7,9-10H,14H2,1-4H3. The fourth-order valence-electron chi connectivity index (χ4n) is 1.92. The van der Waals surface area contributed by atoms with Crippen molar-refractivity contribution >= 4 is 11.3 Å². The van der Waals surface area contributed by atoms with Crippen LogP contribution in [0.3, 0.4) is 0 Å². The lowest BCUT2D eigenvalue weighted by atomic mass is 9.88. The number of nitrogens with zero attached hydrogens (tertiary/aromatic N) is 2. The van der Waals surface area contributed by atoms with Crippen LogP contribution in [-0.2, 0) is 4.74 Å². The van der Waals surface area contributed by atoms with Crippen molar-refractivity contribution in [3.63, 3.8) is 0 Å². The summed E-state index contributed by atoms with van der Waals surface area (Å²) in [6, 6.07) is 3.53. The molecule has 0 aliphatic heterocycles. The van der Waals surface area contributed by atoms with Gasteiger partial charge in [-0.15, -0.1) is 11.3 Å². The van der Waals surface area contributed by atoms with Gasteiger partial charge >= 0.3 is 0 Å². The summed E-state index contributed by atoms with van der Waals surface area (Å²) in [7, 11) is 1.64. The van der Waals surface area contributed by atoms with Crippen molar-refractivity contribution < 1.29 is 9.26 Å². The number of nitrogens with two attached hydrogens (primary N) is 1. The second-order valence-corrected chi connectivity index (χ2v) is 6.44. The third-order valence-corrected chi connectivity index (χ3v) is 3.79. The molecule has 0 bridgehead atoms. The lowest BCUT2D eigenvalue weighted by molar-refractivity contribution is 0.00718. The molecule has 0 saturated heterocycles. The minimum Gasteiger partial charge on any atom is -0.373 e. The van der Waals surface area contributed by atoms with Gasteiger partial charge in [-0.25, -0.2) is 0 Å². The molecular formula is C13H19N3O2S. The van der Waals surface area contributed by atoms with Crippen LogP contribution in [0.4, 0.5) is 0 Å². The van der Waals surface area contributed by atoms with Crippen LogP contribution in [0.25, 0.3) is 0 Å². The second-order valence-electron chi connectivity index (χ2n) is 5.47. The second kappa shape index (κ2) is 5.40. The average Bonchev–Trinajstić information content (AvgIpc) is 2.98. The highest BCUT2D eigenvalue weighted by atomic mass is 32.1. The van der Waals surface area contributed by atoms with Crippen LogP contribution in [0, 0.1) is 5.41 Å². The topological polar surface area (TPSA) is 74.2 Å². The molecule has 2 rings (SSSR count). The molecule has 0 amide bonds. The highest BCUT2D eigenvalue weighted by molar-refractivity contribution is 7.10. The molecule has 0 radical (unpaired) electrons. The summed E-state index contributed by atoms with van der Waals surface area (Å²) in [6.07, 6.45) is -0.222. The Morgan fingerprint density at radius 3 is 2.68 bits per heavy atom. The monoisotopic (exact) mass is 281 g/mol. The molecule has 0 aliphatic rings. The minimum absolute atomic E-state index is 0.108. The smallest absolute Gasteiger partial charge is 0.249 e. The number of aromatic nitrogens is 2. The van der Waals surface area contributed by atoms with Crippen LogP contribution in [0.2, 0.25) is 0 Å². The molecule has 0 spiro atoms. The molecule has 2 N–H and O–H groups in total. The van der Waals surface area contributed by atoms with Gasteiger partial charge in [-0.3, -0.25) is 0 Å². The molecule has 2 aromatic heterocycles. The molecule has 0 aliphatic carbocycles. The first-order valence-electron chi connectivity index (χ1n) is 6.08. The molecule has 2 aromatic rings. The SMILES string of the molecule is COC(c1noc(C(N)c2cccs2)n1)C(C)(C)C. The first-order valence-corrected chi connectivity index (χ1v) is 6.96. The van der Waals surface area contributed by atoms with E-state index in [2.05, 4.69) is 30.9 Å². The zero-order chi connectivity index (χ0) is 14.0. The van der Waals surface area contributed by atoms with E-state index in [0.717, 1.165) is 4.88 Å². The Morgan fingerprint density at radius 2 is 2.16 bits per heavy atom. The van der Waals surface area contributed by atoms with Crippen LogP contribution in [-0.4, -0.2) is 17.3 Å². The van der Waals surface area contributed by atoms with Gasteiger partial charge in [-0.05, 0) is 16.9 Å². The van der Waals surface area contributed by atoms with Gasteiger partial charge < -0.3 is 15.0 Å². The maximum Gasteiger partial charge on any atom is 0.249 e. The van der Waals surface area contributed by atoms with Crippen LogP contribution in [0.15, 0.2) is 22.0 Å². The van der Waals surface area contributed by atoms with Crippen molar-refractivity contribution in [3.8, 4) is 0 Å². The van der Waals surface area contributed by atoms with Crippen LogP contribution >= 0.6 is 11.3 Å². The number of methoxy groups -OCH3 is 1. The van der Waals surface area contributed by atoms with Gasteiger partial charge in [0.05, 0.1) is 0 Å². The van der Waals surface area contributed by atoms with Gasteiger partial charge in [0.1, 0.15) is 12.1 Å². The molecule has 2 atom stereocenters. The summed E-state index contributed by atoms with van der Waals surface area (Å²) in [6.45, 7) is 6.20. The van der Waals surface area contributed by atoms with Crippen molar-refractivity contribution in [2.24, 2.45) is 11.1 Å². The molecule has 0 fully saturated rings. The van der Waals surface area contributed by atoms with Gasteiger partial charge in [0.25, 0.3) is 0 Å². The summed E-state index contributed by atoms with van der Waals surface area (Å²) < 4.78 is 10.7. The third-order valence-electron chi connectivity index (χ3n) is 2.83. The highest BCUT2D eigenvalue weighted by Crippen LogP contribution is 2.34. The normalized spacial score (nSPS) is 15.4. The maximum atomic E-state index is 6.10. The van der Waals surface area contributed by atoms with E-state index in [4.69, 9.17) is 15.0 Å². The Hall–Kier alpha value is -1.24. The van der Waals surface area contributed by atoms with E-state index in [1.165, 1.54) is 0 Å². The first kappa shape index (κ1) is 14.2. The summed E-state index contributed by atoms with van der Waals surface area (Å²) in [5.74, 6) is 0.959. The van der Waals surface area contributed by atoms with Gasteiger partial charge in [0.15, 0.2) is 0 Å². The molecule has 104 valence electrons. The van der Waals surface area contributed by atoms with E-state index >= 15 is 0 Å². The van der Waals surface area contributed by atoms with E-state index in [1.54, 1.807) is 18.4 Å². The number of rotatable bonds is 4. The van der Waals surface area contributed by atoms with Crippen molar-refractivity contribution in [1.82, 2.24) is 10.1 Å². The Kier molecular flexibility index (Phi) is 4.03. The molecule has 2 heterocycles. The van der Waals surface area contributed by atoms with Crippen LogP contribution < -0.4 is 5.73 Å². The number of hydrogen-bond acceptors (Lipinski definition) is 6. The number of thiophene rings is 1. The zero-order valence-corrected chi connectivity index (χ0v) is 12.4. The number of ether oxygens (including phenoxy) is 1. The summed E-state index contributed by atoms with van der Waals surface area (Å²) >= 11 is 1.57. The van der Waals surface area contributed by atoms with Gasteiger partial charge in [0, 0.05) is 12.0 Å². The first-order chi connectivity index (χ1) is 8.93. The van der Waals surface area contributed by atoms with Crippen molar-refractivity contribution in [1.29, 1.82) is 0 Å². The molecule has 0 saturated carbocycles.